The zero-order valence-corrected chi connectivity index (χ0v) is 16.4. The summed E-state index contributed by atoms with van der Waals surface area (Å²) in [6.07, 6.45) is 6.03. The summed E-state index contributed by atoms with van der Waals surface area (Å²) in [4.78, 5) is 28.1. The first-order chi connectivity index (χ1) is 13.1. The fourth-order valence-corrected chi connectivity index (χ4v) is 4.23. The molecule has 8 heteroatoms. The molecule has 2 saturated carbocycles. The predicted molar refractivity (Wildman–Crippen MR) is 104 cm³/mol. The summed E-state index contributed by atoms with van der Waals surface area (Å²) in [5, 5.41) is 9.31. The molecule has 0 unspecified atom stereocenters. The van der Waals surface area contributed by atoms with E-state index < -0.39 is 6.04 Å². The van der Waals surface area contributed by atoms with Gasteiger partial charge in [-0.3, -0.25) is 9.59 Å². The van der Waals surface area contributed by atoms with Crippen molar-refractivity contribution in [2.45, 2.75) is 56.7 Å². The first-order valence-corrected chi connectivity index (χ1v) is 10.5. The first-order valence-electron chi connectivity index (χ1n) is 9.29. The average molecular weight is 405 g/mol. The second-order valence-corrected chi connectivity index (χ2v) is 8.22. The quantitative estimate of drug-likeness (QED) is 0.798. The van der Waals surface area contributed by atoms with Gasteiger partial charge in [0.05, 0.1) is 0 Å². The molecule has 2 fully saturated rings. The lowest BCUT2D eigenvalue weighted by Crippen LogP contribution is -2.47. The SMILES string of the molecule is O=C(NC1CCCC1)[C@@H](c1ccc(Cl)cc1)N(C(=O)c1csnn1)C1CC1. The van der Waals surface area contributed by atoms with Gasteiger partial charge in [0.25, 0.3) is 5.91 Å². The van der Waals surface area contributed by atoms with Gasteiger partial charge in [-0.25, -0.2) is 0 Å². The minimum Gasteiger partial charge on any atom is -0.351 e. The molecular formula is C19H21ClN4O2S. The number of hydrogen-bond donors (Lipinski definition) is 1. The molecule has 0 spiro atoms. The molecular weight excluding hydrogens is 384 g/mol. The van der Waals surface area contributed by atoms with Crippen molar-refractivity contribution in [1.82, 2.24) is 19.8 Å². The van der Waals surface area contributed by atoms with Crippen molar-refractivity contribution in [3.63, 3.8) is 0 Å². The summed E-state index contributed by atoms with van der Waals surface area (Å²) in [7, 11) is 0. The van der Waals surface area contributed by atoms with Crippen LogP contribution in [0, 0.1) is 0 Å². The van der Waals surface area contributed by atoms with Gasteiger partial charge in [-0.05, 0) is 54.9 Å². The van der Waals surface area contributed by atoms with E-state index in [1.165, 1.54) is 0 Å². The molecule has 2 aromatic rings. The van der Waals surface area contributed by atoms with E-state index in [1.54, 1.807) is 22.4 Å². The van der Waals surface area contributed by atoms with Crippen molar-refractivity contribution >= 4 is 34.9 Å². The molecule has 0 saturated heterocycles. The van der Waals surface area contributed by atoms with Crippen LogP contribution in [0.15, 0.2) is 29.6 Å². The summed E-state index contributed by atoms with van der Waals surface area (Å²) < 4.78 is 3.80. The highest BCUT2D eigenvalue weighted by Crippen LogP contribution is 2.36. The van der Waals surface area contributed by atoms with Crippen LogP contribution in [-0.4, -0.2) is 38.4 Å². The van der Waals surface area contributed by atoms with Crippen LogP contribution in [0.25, 0.3) is 0 Å². The molecule has 0 bridgehead atoms. The van der Waals surface area contributed by atoms with Gasteiger partial charge < -0.3 is 10.2 Å². The number of nitrogens with one attached hydrogen (secondary N) is 1. The summed E-state index contributed by atoms with van der Waals surface area (Å²) in [5.74, 6) is -0.375. The van der Waals surface area contributed by atoms with E-state index >= 15 is 0 Å². The lowest BCUT2D eigenvalue weighted by molar-refractivity contribution is -0.126. The maximum absolute atomic E-state index is 13.3. The van der Waals surface area contributed by atoms with Crippen LogP contribution < -0.4 is 5.32 Å². The molecule has 1 aromatic carbocycles. The number of nitrogens with zero attached hydrogens (tertiary/aromatic N) is 3. The third-order valence-electron chi connectivity index (χ3n) is 5.17. The Hall–Kier alpha value is -1.99. The number of hydrogen-bond acceptors (Lipinski definition) is 5. The Morgan fingerprint density at radius 1 is 1.15 bits per heavy atom. The maximum atomic E-state index is 13.3. The highest BCUT2D eigenvalue weighted by molar-refractivity contribution is 7.03. The van der Waals surface area contributed by atoms with Gasteiger partial charge in [-0.2, -0.15) is 0 Å². The number of halogens is 1. The number of amides is 2. The van der Waals surface area contributed by atoms with Gasteiger partial charge >= 0.3 is 0 Å². The molecule has 1 N–H and O–H groups in total. The molecule has 4 rings (SSSR count). The zero-order chi connectivity index (χ0) is 18.8. The number of carbonyl (C=O) groups excluding carboxylic acids is 2. The molecule has 2 aliphatic rings. The second-order valence-electron chi connectivity index (χ2n) is 7.18. The molecule has 1 aromatic heterocycles. The average Bonchev–Trinajstić information content (AvgIpc) is 3.11. The normalized spacial score (nSPS) is 18.3. The molecule has 1 atom stereocenters. The van der Waals surface area contributed by atoms with Crippen LogP contribution in [0.2, 0.25) is 5.02 Å². The van der Waals surface area contributed by atoms with Crippen molar-refractivity contribution in [3.05, 3.63) is 45.9 Å². The Balaban J connectivity index is 1.67. The molecule has 27 heavy (non-hydrogen) atoms. The van der Waals surface area contributed by atoms with E-state index in [4.69, 9.17) is 11.6 Å². The van der Waals surface area contributed by atoms with E-state index in [-0.39, 0.29) is 23.9 Å². The number of carbonyl (C=O) groups is 2. The molecule has 1 heterocycles. The van der Waals surface area contributed by atoms with Crippen molar-refractivity contribution in [2.24, 2.45) is 0 Å². The second kappa shape index (κ2) is 7.94. The van der Waals surface area contributed by atoms with Crippen molar-refractivity contribution in [2.75, 3.05) is 0 Å². The lowest BCUT2D eigenvalue weighted by Gasteiger charge is -2.32. The van der Waals surface area contributed by atoms with Crippen LogP contribution in [0.3, 0.4) is 0 Å². The van der Waals surface area contributed by atoms with Gasteiger partial charge in [-0.15, -0.1) is 5.10 Å². The fraction of sp³-hybridized carbons (Fsp3) is 0.474. The van der Waals surface area contributed by atoms with Crippen molar-refractivity contribution in [3.8, 4) is 0 Å². The van der Waals surface area contributed by atoms with Crippen molar-refractivity contribution < 1.29 is 9.59 Å². The Kier molecular flexibility index (Phi) is 5.41. The van der Waals surface area contributed by atoms with Gasteiger partial charge in [0.15, 0.2) is 5.69 Å². The lowest BCUT2D eigenvalue weighted by atomic mass is 10.0. The van der Waals surface area contributed by atoms with Gasteiger partial charge in [0.2, 0.25) is 5.91 Å². The Bertz CT molecular complexity index is 802. The van der Waals surface area contributed by atoms with Gasteiger partial charge in [-0.1, -0.05) is 41.1 Å². The molecule has 2 amide bonds. The molecule has 0 aliphatic heterocycles. The van der Waals surface area contributed by atoms with Crippen LogP contribution in [0.4, 0.5) is 0 Å². The summed E-state index contributed by atoms with van der Waals surface area (Å²) in [6, 6.07) is 6.70. The fourth-order valence-electron chi connectivity index (χ4n) is 3.67. The highest BCUT2D eigenvalue weighted by Gasteiger charge is 2.42. The minimum absolute atomic E-state index is 0.0502. The van der Waals surface area contributed by atoms with E-state index in [0.717, 1.165) is 55.6 Å². The minimum atomic E-state index is -0.690. The smallest absolute Gasteiger partial charge is 0.276 e. The van der Waals surface area contributed by atoms with Crippen molar-refractivity contribution in [1.29, 1.82) is 0 Å². The molecule has 142 valence electrons. The van der Waals surface area contributed by atoms with Gasteiger partial charge in [0.1, 0.15) is 6.04 Å². The van der Waals surface area contributed by atoms with E-state index in [9.17, 15) is 9.59 Å². The first kappa shape index (κ1) is 18.4. The topological polar surface area (TPSA) is 75.2 Å². The Morgan fingerprint density at radius 3 is 2.44 bits per heavy atom. The predicted octanol–water partition coefficient (Wildman–Crippen LogP) is 3.60. The van der Waals surface area contributed by atoms with Gasteiger partial charge in [0, 0.05) is 22.5 Å². The Morgan fingerprint density at radius 2 is 1.85 bits per heavy atom. The number of rotatable bonds is 6. The largest absolute Gasteiger partial charge is 0.351 e. The van der Waals surface area contributed by atoms with Crippen LogP contribution >= 0.6 is 23.1 Å². The maximum Gasteiger partial charge on any atom is 0.276 e. The number of benzene rings is 1. The van der Waals surface area contributed by atoms with E-state index in [0.29, 0.717) is 10.7 Å². The molecule has 0 radical (unpaired) electrons. The van der Waals surface area contributed by atoms with E-state index in [1.807, 2.05) is 12.1 Å². The van der Waals surface area contributed by atoms with Crippen LogP contribution in [-0.2, 0) is 4.79 Å². The Labute approximate surface area is 167 Å². The summed E-state index contributed by atoms with van der Waals surface area (Å²) in [5.41, 5.74) is 1.05. The highest BCUT2D eigenvalue weighted by atomic mass is 35.5. The molecule has 6 nitrogen and oxygen atoms in total. The standard InChI is InChI=1S/C19H21ClN4O2S/c20-13-7-5-12(6-8-13)17(18(25)21-14-3-1-2-4-14)24(15-9-10-15)19(26)16-11-27-23-22-16/h5-8,11,14-15,17H,1-4,9-10H2,(H,21,25)/t17-/m1/s1. The zero-order valence-electron chi connectivity index (χ0n) is 14.8. The monoisotopic (exact) mass is 404 g/mol. The molecule has 2 aliphatic carbocycles. The number of aromatic nitrogens is 2. The van der Waals surface area contributed by atoms with Crippen LogP contribution in [0.5, 0.6) is 0 Å². The van der Waals surface area contributed by atoms with Crippen LogP contribution in [0.1, 0.15) is 60.6 Å². The third kappa shape index (κ3) is 4.14. The third-order valence-corrected chi connectivity index (χ3v) is 5.92. The summed E-state index contributed by atoms with van der Waals surface area (Å²) >= 11 is 7.17. The summed E-state index contributed by atoms with van der Waals surface area (Å²) in [6.45, 7) is 0. The van der Waals surface area contributed by atoms with E-state index in [2.05, 4.69) is 14.9 Å².